The molecule has 7 nitrogen and oxygen atoms in total. The molecule has 2 aliphatic heterocycles. The Morgan fingerprint density at radius 2 is 1.83 bits per heavy atom. The van der Waals surface area contributed by atoms with Crippen LogP contribution in [0.25, 0.3) is 6.08 Å². The van der Waals surface area contributed by atoms with Crippen LogP contribution in [0, 0.1) is 6.92 Å². The molecule has 0 unspecified atom stereocenters. The zero-order chi connectivity index (χ0) is 20.4. The molecule has 1 fully saturated rings. The number of anilines is 1. The van der Waals surface area contributed by atoms with Gasteiger partial charge in [-0.15, -0.1) is 0 Å². The van der Waals surface area contributed by atoms with Gasteiger partial charge in [0.15, 0.2) is 11.5 Å². The van der Waals surface area contributed by atoms with Crippen molar-refractivity contribution >= 4 is 17.8 Å². The molecule has 1 saturated heterocycles. The van der Waals surface area contributed by atoms with E-state index in [1.807, 2.05) is 42.2 Å². The normalized spacial score (nSPS) is 16.1. The van der Waals surface area contributed by atoms with E-state index in [1.165, 1.54) is 0 Å². The van der Waals surface area contributed by atoms with E-state index in [0.717, 1.165) is 41.7 Å². The average Bonchev–Trinajstić information content (AvgIpc) is 3.19. The summed E-state index contributed by atoms with van der Waals surface area (Å²) >= 11 is 0. The molecule has 7 heteroatoms. The standard InChI is InChI=1S/C22H26N4O3/c1-15(2)22-23-16(3)12-20(24-22)25-8-10-26(11-9-25)21(27)7-5-17-4-6-18-19(13-17)29-14-28-18/h4-7,12-13,15H,8-11,14H2,1-3H3/b7-5+. The van der Waals surface area contributed by atoms with Crippen LogP contribution >= 0.6 is 0 Å². The first-order valence-corrected chi connectivity index (χ1v) is 9.97. The van der Waals surface area contributed by atoms with Gasteiger partial charge in [-0.2, -0.15) is 0 Å². The van der Waals surface area contributed by atoms with Crippen LogP contribution in [0.15, 0.2) is 30.3 Å². The van der Waals surface area contributed by atoms with Crippen molar-refractivity contribution in [2.75, 3.05) is 37.9 Å². The topological polar surface area (TPSA) is 67.8 Å². The summed E-state index contributed by atoms with van der Waals surface area (Å²) in [6.45, 7) is 9.31. The number of aryl methyl sites for hydroxylation is 1. The number of benzene rings is 1. The summed E-state index contributed by atoms with van der Waals surface area (Å²) in [7, 11) is 0. The van der Waals surface area contributed by atoms with Gasteiger partial charge < -0.3 is 19.3 Å². The van der Waals surface area contributed by atoms with Gasteiger partial charge in [-0.05, 0) is 30.7 Å². The number of fused-ring (bicyclic) bond motifs is 1. The number of ether oxygens (including phenoxy) is 2. The first-order valence-electron chi connectivity index (χ1n) is 9.97. The summed E-state index contributed by atoms with van der Waals surface area (Å²) in [4.78, 5) is 25.9. The van der Waals surface area contributed by atoms with Crippen molar-refractivity contribution in [3.8, 4) is 11.5 Å². The van der Waals surface area contributed by atoms with Gasteiger partial charge in [0.1, 0.15) is 11.6 Å². The van der Waals surface area contributed by atoms with Crippen LogP contribution in [0.5, 0.6) is 11.5 Å². The minimum atomic E-state index is 0.0176. The van der Waals surface area contributed by atoms with Crippen LogP contribution in [-0.4, -0.2) is 53.7 Å². The van der Waals surface area contributed by atoms with E-state index < -0.39 is 0 Å². The Bertz CT molecular complexity index is 934. The third-order valence-electron chi connectivity index (χ3n) is 5.10. The second kappa shape index (κ2) is 8.11. The van der Waals surface area contributed by atoms with E-state index in [0.29, 0.717) is 18.8 Å². The molecular formula is C22H26N4O3. The Balaban J connectivity index is 1.36. The van der Waals surface area contributed by atoms with Crippen molar-refractivity contribution in [1.82, 2.24) is 14.9 Å². The summed E-state index contributed by atoms with van der Waals surface area (Å²) in [5.74, 6) is 3.58. The number of amides is 1. The van der Waals surface area contributed by atoms with E-state index in [1.54, 1.807) is 6.08 Å². The van der Waals surface area contributed by atoms with E-state index in [9.17, 15) is 4.79 Å². The van der Waals surface area contributed by atoms with Gasteiger partial charge in [-0.3, -0.25) is 4.79 Å². The van der Waals surface area contributed by atoms with Crippen LogP contribution in [0.1, 0.15) is 36.8 Å². The van der Waals surface area contributed by atoms with Crippen molar-refractivity contribution in [1.29, 1.82) is 0 Å². The maximum Gasteiger partial charge on any atom is 0.246 e. The molecule has 0 N–H and O–H groups in total. The lowest BCUT2D eigenvalue weighted by atomic mass is 10.2. The third-order valence-corrected chi connectivity index (χ3v) is 5.10. The zero-order valence-corrected chi connectivity index (χ0v) is 17.1. The zero-order valence-electron chi connectivity index (χ0n) is 17.1. The Morgan fingerprint density at radius 3 is 2.59 bits per heavy atom. The lowest BCUT2D eigenvalue weighted by Crippen LogP contribution is -2.48. The number of piperazine rings is 1. The number of rotatable bonds is 4. The second-order valence-corrected chi connectivity index (χ2v) is 7.64. The minimum absolute atomic E-state index is 0.0176. The maximum absolute atomic E-state index is 12.6. The number of hydrogen-bond donors (Lipinski definition) is 0. The molecule has 0 atom stereocenters. The second-order valence-electron chi connectivity index (χ2n) is 7.64. The smallest absolute Gasteiger partial charge is 0.246 e. The van der Waals surface area contributed by atoms with Gasteiger partial charge in [0.25, 0.3) is 0 Å². The van der Waals surface area contributed by atoms with Crippen LogP contribution in [-0.2, 0) is 4.79 Å². The highest BCUT2D eigenvalue weighted by Crippen LogP contribution is 2.32. The summed E-state index contributed by atoms with van der Waals surface area (Å²) in [5.41, 5.74) is 1.89. The van der Waals surface area contributed by atoms with E-state index in [4.69, 9.17) is 14.5 Å². The molecule has 0 spiro atoms. The third kappa shape index (κ3) is 4.34. The monoisotopic (exact) mass is 394 g/mol. The highest BCUT2D eigenvalue weighted by atomic mass is 16.7. The van der Waals surface area contributed by atoms with Gasteiger partial charge in [-0.1, -0.05) is 19.9 Å². The van der Waals surface area contributed by atoms with Crippen LogP contribution in [0.2, 0.25) is 0 Å². The molecule has 0 radical (unpaired) electrons. The highest BCUT2D eigenvalue weighted by molar-refractivity contribution is 5.92. The van der Waals surface area contributed by atoms with Crippen molar-refractivity contribution in [3.63, 3.8) is 0 Å². The fraction of sp³-hybridized carbons (Fsp3) is 0.409. The van der Waals surface area contributed by atoms with Crippen molar-refractivity contribution in [2.24, 2.45) is 0 Å². The molecule has 2 aromatic rings. The molecule has 0 saturated carbocycles. The van der Waals surface area contributed by atoms with E-state index in [2.05, 4.69) is 23.7 Å². The quantitative estimate of drug-likeness (QED) is 0.743. The number of carbonyl (C=O) groups is 1. The lowest BCUT2D eigenvalue weighted by Gasteiger charge is -2.35. The Labute approximate surface area is 171 Å². The van der Waals surface area contributed by atoms with Crippen LogP contribution in [0.3, 0.4) is 0 Å². The Hall–Kier alpha value is -3.09. The molecule has 0 bridgehead atoms. The number of nitrogens with zero attached hydrogens (tertiary/aromatic N) is 4. The highest BCUT2D eigenvalue weighted by Gasteiger charge is 2.21. The molecule has 1 aromatic heterocycles. The molecule has 0 aliphatic carbocycles. The Morgan fingerprint density at radius 1 is 1.07 bits per heavy atom. The fourth-order valence-electron chi connectivity index (χ4n) is 3.44. The van der Waals surface area contributed by atoms with Crippen LogP contribution in [0.4, 0.5) is 5.82 Å². The molecule has 1 aromatic carbocycles. The van der Waals surface area contributed by atoms with Gasteiger partial charge in [0.05, 0.1) is 0 Å². The first kappa shape index (κ1) is 19.2. The van der Waals surface area contributed by atoms with Crippen molar-refractivity contribution in [3.05, 3.63) is 47.4 Å². The predicted molar refractivity (Wildman–Crippen MR) is 111 cm³/mol. The van der Waals surface area contributed by atoms with E-state index in [-0.39, 0.29) is 18.6 Å². The molecule has 152 valence electrons. The number of hydrogen-bond acceptors (Lipinski definition) is 6. The summed E-state index contributed by atoms with van der Waals surface area (Å²) in [5, 5.41) is 0. The molecule has 3 heterocycles. The largest absolute Gasteiger partial charge is 0.454 e. The van der Waals surface area contributed by atoms with E-state index >= 15 is 0 Å². The summed E-state index contributed by atoms with van der Waals surface area (Å²) in [6.07, 6.45) is 3.44. The summed E-state index contributed by atoms with van der Waals surface area (Å²) < 4.78 is 10.7. The number of carbonyl (C=O) groups excluding carboxylic acids is 1. The maximum atomic E-state index is 12.6. The van der Waals surface area contributed by atoms with Gasteiger partial charge in [0, 0.05) is 49.9 Å². The Kier molecular flexibility index (Phi) is 5.38. The van der Waals surface area contributed by atoms with Gasteiger partial charge in [0.2, 0.25) is 12.7 Å². The molecule has 29 heavy (non-hydrogen) atoms. The van der Waals surface area contributed by atoms with Gasteiger partial charge in [-0.25, -0.2) is 9.97 Å². The average molecular weight is 394 g/mol. The molecule has 4 rings (SSSR count). The van der Waals surface area contributed by atoms with Crippen LogP contribution < -0.4 is 14.4 Å². The minimum Gasteiger partial charge on any atom is -0.454 e. The molecular weight excluding hydrogens is 368 g/mol. The van der Waals surface area contributed by atoms with Crippen molar-refractivity contribution < 1.29 is 14.3 Å². The molecule has 1 amide bonds. The first-order chi connectivity index (χ1) is 14.0. The molecule has 2 aliphatic rings. The van der Waals surface area contributed by atoms with Gasteiger partial charge >= 0.3 is 0 Å². The lowest BCUT2D eigenvalue weighted by molar-refractivity contribution is -0.126. The summed E-state index contributed by atoms with van der Waals surface area (Å²) in [6, 6.07) is 7.68. The van der Waals surface area contributed by atoms with Crippen molar-refractivity contribution in [2.45, 2.75) is 26.7 Å². The predicted octanol–water partition coefficient (Wildman–Crippen LogP) is 3.00. The number of aromatic nitrogens is 2. The fourth-order valence-corrected chi connectivity index (χ4v) is 3.44. The SMILES string of the molecule is Cc1cc(N2CCN(C(=O)/C=C/c3ccc4c(c3)OCO4)CC2)nc(C(C)C)n1.